The predicted octanol–water partition coefficient (Wildman–Crippen LogP) is 4.99. The van der Waals surface area contributed by atoms with Crippen LogP contribution in [0.2, 0.25) is 5.15 Å². The van der Waals surface area contributed by atoms with E-state index in [1.807, 2.05) is 18.3 Å². The van der Waals surface area contributed by atoms with Crippen molar-refractivity contribution in [2.75, 3.05) is 51.8 Å². The predicted molar refractivity (Wildman–Crippen MR) is 124 cm³/mol. The highest BCUT2D eigenvalue weighted by Crippen LogP contribution is 2.36. The van der Waals surface area contributed by atoms with E-state index in [9.17, 15) is 0 Å². The van der Waals surface area contributed by atoms with Crippen molar-refractivity contribution in [1.82, 2.24) is 9.88 Å². The number of hydrogen-bond acceptors (Lipinski definition) is 5. The number of likely N-dealkylation sites (tertiary alicyclic amines) is 1. The number of benzene rings is 1. The summed E-state index contributed by atoms with van der Waals surface area (Å²) in [5.74, 6) is 1.59. The minimum absolute atomic E-state index is 0.537. The van der Waals surface area contributed by atoms with Gasteiger partial charge < -0.3 is 19.3 Å². The summed E-state index contributed by atoms with van der Waals surface area (Å²) in [5, 5.41) is 0.537. The molecule has 0 unspecified atom stereocenters. The summed E-state index contributed by atoms with van der Waals surface area (Å²) in [6, 6.07) is 8.01. The lowest BCUT2D eigenvalue weighted by Gasteiger charge is -2.33. The van der Waals surface area contributed by atoms with Crippen LogP contribution < -0.4 is 14.4 Å². The third kappa shape index (κ3) is 4.90. The maximum absolute atomic E-state index is 6.23. The van der Waals surface area contributed by atoms with Crippen LogP contribution >= 0.6 is 11.6 Å². The molecule has 30 heavy (non-hydrogen) atoms. The summed E-state index contributed by atoms with van der Waals surface area (Å²) in [4.78, 5) is 9.33. The molecule has 3 heterocycles. The van der Waals surface area contributed by atoms with Crippen molar-refractivity contribution in [3.63, 3.8) is 0 Å². The Bertz CT molecular complexity index is 887. The maximum Gasteiger partial charge on any atom is 0.131 e. The van der Waals surface area contributed by atoms with Crippen LogP contribution in [0.4, 0.5) is 5.69 Å². The minimum atomic E-state index is 0.537. The Labute approximate surface area is 184 Å². The smallest absolute Gasteiger partial charge is 0.131 e. The van der Waals surface area contributed by atoms with E-state index in [1.54, 1.807) is 14.2 Å². The normalized spacial score (nSPS) is 16.8. The SMILES string of the molecule is COc1cc(OC)cc(C2=Cc3cnc(Cl)cc3N(CCCN3CCCCC3)C2)c1. The van der Waals surface area contributed by atoms with Gasteiger partial charge in [0.1, 0.15) is 16.7 Å². The third-order valence-electron chi connectivity index (χ3n) is 5.98. The van der Waals surface area contributed by atoms with Gasteiger partial charge in [0.25, 0.3) is 0 Å². The van der Waals surface area contributed by atoms with Gasteiger partial charge >= 0.3 is 0 Å². The van der Waals surface area contributed by atoms with Crippen LogP contribution in [0.15, 0.2) is 30.5 Å². The van der Waals surface area contributed by atoms with Crippen molar-refractivity contribution in [2.45, 2.75) is 25.7 Å². The van der Waals surface area contributed by atoms with Crippen LogP contribution in [0.1, 0.15) is 36.8 Å². The average molecular weight is 428 g/mol. The number of halogens is 1. The van der Waals surface area contributed by atoms with Gasteiger partial charge in [-0.05, 0) is 74.3 Å². The highest BCUT2D eigenvalue weighted by molar-refractivity contribution is 6.29. The lowest BCUT2D eigenvalue weighted by molar-refractivity contribution is 0.227. The molecule has 0 radical (unpaired) electrons. The lowest BCUT2D eigenvalue weighted by atomic mass is 9.97. The van der Waals surface area contributed by atoms with E-state index >= 15 is 0 Å². The molecule has 1 saturated heterocycles. The molecule has 0 amide bonds. The zero-order valence-electron chi connectivity index (χ0n) is 17.9. The Morgan fingerprint density at radius 3 is 2.40 bits per heavy atom. The van der Waals surface area contributed by atoms with Crippen LogP contribution in [0.25, 0.3) is 11.6 Å². The van der Waals surface area contributed by atoms with Gasteiger partial charge in [-0.15, -0.1) is 0 Å². The molecule has 1 aromatic carbocycles. The van der Waals surface area contributed by atoms with Gasteiger partial charge in [0.2, 0.25) is 0 Å². The number of rotatable bonds is 7. The number of anilines is 1. The Morgan fingerprint density at radius 2 is 1.70 bits per heavy atom. The van der Waals surface area contributed by atoms with Gasteiger partial charge in [-0.25, -0.2) is 4.98 Å². The van der Waals surface area contributed by atoms with Crippen molar-refractivity contribution in [1.29, 1.82) is 0 Å². The summed E-state index contributed by atoms with van der Waals surface area (Å²) >= 11 is 6.23. The second-order valence-electron chi connectivity index (χ2n) is 8.01. The Kier molecular flexibility index (Phi) is 6.80. The monoisotopic (exact) mass is 427 g/mol. The second kappa shape index (κ2) is 9.71. The van der Waals surface area contributed by atoms with E-state index in [0.717, 1.165) is 54.4 Å². The summed E-state index contributed by atoms with van der Waals surface area (Å²) in [5.41, 5.74) is 4.59. The second-order valence-corrected chi connectivity index (χ2v) is 8.40. The van der Waals surface area contributed by atoms with Gasteiger partial charge in [-0.2, -0.15) is 0 Å². The molecule has 1 fully saturated rings. The summed E-state index contributed by atoms with van der Waals surface area (Å²) < 4.78 is 11.0. The van der Waals surface area contributed by atoms with Crippen molar-refractivity contribution in [3.8, 4) is 11.5 Å². The molecule has 0 atom stereocenters. The van der Waals surface area contributed by atoms with Crippen LogP contribution in [0.3, 0.4) is 0 Å². The van der Waals surface area contributed by atoms with Gasteiger partial charge in [-0.1, -0.05) is 18.0 Å². The van der Waals surface area contributed by atoms with Gasteiger partial charge in [-0.3, -0.25) is 0 Å². The average Bonchev–Trinajstić information content (AvgIpc) is 2.79. The zero-order valence-corrected chi connectivity index (χ0v) is 18.6. The summed E-state index contributed by atoms with van der Waals surface area (Å²) in [6.45, 7) is 5.44. The van der Waals surface area contributed by atoms with E-state index < -0.39 is 0 Å². The number of ether oxygens (including phenoxy) is 2. The first-order valence-electron chi connectivity index (χ1n) is 10.7. The quantitative estimate of drug-likeness (QED) is 0.582. The first kappa shape index (κ1) is 21.0. The topological polar surface area (TPSA) is 37.8 Å². The van der Waals surface area contributed by atoms with Crippen molar-refractivity contribution in [2.24, 2.45) is 0 Å². The first-order chi connectivity index (χ1) is 14.7. The molecule has 0 aliphatic carbocycles. The molecule has 2 aliphatic heterocycles. The number of aromatic nitrogens is 1. The number of hydrogen-bond donors (Lipinski definition) is 0. The highest BCUT2D eigenvalue weighted by atomic mass is 35.5. The van der Waals surface area contributed by atoms with E-state index in [-0.39, 0.29) is 0 Å². The molecular formula is C24H30ClN3O2. The Balaban J connectivity index is 1.56. The van der Waals surface area contributed by atoms with E-state index in [0.29, 0.717) is 5.15 Å². The van der Waals surface area contributed by atoms with Crippen LogP contribution in [0.5, 0.6) is 11.5 Å². The van der Waals surface area contributed by atoms with Crippen LogP contribution in [-0.4, -0.2) is 56.8 Å². The van der Waals surface area contributed by atoms with Gasteiger partial charge in [0.05, 0.1) is 14.2 Å². The summed E-state index contributed by atoms with van der Waals surface area (Å²) in [7, 11) is 3.36. The molecule has 2 aliphatic rings. The standard InChI is InChI=1S/C24H30ClN3O2/c1-29-21-12-18(13-22(14-21)30-2)20-11-19-16-26-24(25)15-23(19)28(17-20)10-6-9-27-7-4-3-5-8-27/h11-16H,3-10,17H2,1-2H3. The molecule has 0 N–H and O–H groups in total. The van der Waals surface area contributed by atoms with Crippen molar-refractivity contribution >= 4 is 28.9 Å². The van der Waals surface area contributed by atoms with Gasteiger partial charge in [0.15, 0.2) is 0 Å². The largest absolute Gasteiger partial charge is 0.497 e. The third-order valence-corrected chi connectivity index (χ3v) is 6.19. The molecule has 0 spiro atoms. The van der Waals surface area contributed by atoms with E-state index in [1.165, 1.54) is 37.9 Å². The fourth-order valence-corrected chi connectivity index (χ4v) is 4.53. The molecule has 0 saturated carbocycles. The molecule has 6 heteroatoms. The molecular weight excluding hydrogens is 398 g/mol. The molecule has 0 bridgehead atoms. The molecule has 5 nitrogen and oxygen atoms in total. The lowest BCUT2D eigenvalue weighted by Crippen LogP contribution is -2.35. The Hall–Kier alpha value is -2.24. The molecule has 2 aromatic rings. The number of fused-ring (bicyclic) bond motifs is 1. The molecule has 4 rings (SSSR count). The molecule has 160 valence electrons. The minimum Gasteiger partial charge on any atom is -0.497 e. The fourth-order valence-electron chi connectivity index (χ4n) is 4.38. The number of methoxy groups -OCH3 is 2. The first-order valence-corrected chi connectivity index (χ1v) is 11.1. The van der Waals surface area contributed by atoms with Crippen molar-refractivity contribution in [3.05, 3.63) is 46.7 Å². The highest BCUT2D eigenvalue weighted by Gasteiger charge is 2.21. The van der Waals surface area contributed by atoms with E-state index in [4.69, 9.17) is 21.1 Å². The number of pyridine rings is 1. The number of nitrogens with zero attached hydrogens (tertiary/aromatic N) is 3. The van der Waals surface area contributed by atoms with Crippen LogP contribution in [-0.2, 0) is 0 Å². The fraction of sp³-hybridized carbons (Fsp3) is 0.458. The molecule has 1 aromatic heterocycles. The van der Waals surface area contributed by atoms with Gasteiger partial charge in [0, 0.05) is 36.6 Å². The Morgan fingerprint density at radius 1 is 0.967 bits per heavy atom. The van der Waals surface area contributed by atoms with Crippen LogP contribution in [0, 0.1) is 0 Å². The van der Waals surface area contributed by atoms with Crippen molar-refractivity contribution < 1.29 is 9.47 Å². The zero-order chi connectivity index (χ0) is 20.9. The summed E-state index contributed by atoms with van der Waals surface area (Å²) in [6.07, 6.45) is 9.24. The maximum atomic E-state index is 6.23. The number of piperidine rings is 1. The van der Waals surface area contributed by atoms with E-state index in [2.05, 4.69) is 33.0 Å².